The normalized spacial score (nSPS) is 25.3. The first-order valence-electron chi connectivity index (χ1n) is 3.64. The van der Waals surface area contributed by atoms with Gasteiger partial charge in [0.25, 0.3) is 0 Å². The molecule has 1 unspecified atom stereocenters. The molecule has 0 N–H and O–H groups in total. The Hall–Kier alpha value is 0.0300. The summed E-state index contributed by atoms with van der Waals surface area (Å²) in [5.74, 6) is 0. The van der Waals surface area contributed by atoms with Crippen molar-refractivity contribution in [1.82, 2.24) is 9.96 Å². The minimum atomic E-state index is -1.17. The fourth-order valence-corrected chi connectivity index (χ4v) is 1.46. The van der Waals surface area contributed by atoms with Gasteiger partial charge in [0, 0.05) is 32.4 Å². The van der Waals surface area contributed by atoms with Crippen LogP contribution in [0.25, 0.3) is 0 Å². The lowest BCUT2D eigenvalue weighted by Gasteiger charge is -2.29. The van der Waals surface area contributed by atoms with Crippen molar-refractivity contribution in [2.24, 2.45) is 0 Å². The van der Waals surface area contributed by atoms with Gasteiger partial charge in [-0.25, -0.2) is 4.21 Å². The van der Waals surface area contributed by atoms with E-state index in [0.29, 0.717) is 0 Å². The number of hydrogen-bond acceptors (Lipinski definition) is 4. The summed E-state index contributed by atoms with van der Waals surface area (Å²) >= 11 is -1.17. The van der Waals surface area contributed by atoms with E-state index in [2.05, 4.69) is 11.9 Å². The summed E-state index contributed by atoms with van der Waals surface area (Å²) in [6.45, 7) is 3.65. The minimum Gasteiger partial charge on any atom is -0.304 e. The Kier molecular flexibility index (Phi) is 3.45. The molecule has 4 nitrogen and oxygen atoms in total. The van der Waals surface area contributed by atoms with Crippen LogP contribution in [-0.2, 0) is 15.4 Å². The van der Waals surface area contributed by atoms with E-state index in [1.807, 2.05) is 0 Å². The van der Waals surface area contributed by atoms with Crippen molar-refractivity contribution in [1.29, 1.82) is 0 Å². The van der Waals surface area contributed by atoms with E-state index in [0.717, 1.165) is 26.2 Å². The van der Waals surface area contributed by atoms with E-state index < -0.39 is 11.1 Å². The second-order valence-corrected chi connectivity index (χ2v) is 3.66. The van der Waals surface area contributed by atoms with Crippen LogP contribution < -0.4 is 0 Å². The average Bonchev–Trinajstić information content (AvgIpc) is 1.93. The average molecular weight is 178 g/mol. The third-order valence-electron chi connectivity index (χ3n) is 1.67. The Labute approximate surface area is 69.7 Å². The fraction of sp³-hybridized carbons (Fsp3) is 1.00. The van der Waals surface area contributed by atoms with Crippen LogP contribution in [-0.4, -0.2) is 53.7 Å². The summed E-state index contributed by atoms with van der Waals surface area (Å²) in [6, 6.07) is 0. The zero-order valence-electron chi connectivity index (χ0n) is 6.95. The van der Waals surface area contributed by atoms with Crippen LogP contribution in [0.1, 0.15) is 0 Å². The second kappa shape index (κ2) is 4.15. The SMILES string of the molecule is CN1CCN(OS(C)=O)CC1. The summed E-state index contributed by atoms with van der Waals surface area (Å²) in [5.41, 5.74) is 0. The van der Waals surface area contributed by atoms with Crippen LogP contribution in [0.2, 0.25) is 0 Å². The third-order valence-corrected chi connectivity index (χ3v) is 2.09. The van der Waals surface area contributed by atoms with E-state index in [1.54, 1.807) is 11.3 Å². The van der Waals surface area contributed by atoms with Gasteiger partial charge in [-0.1, -0.05) is 0 Å². The second-order valence-electron chi connectivity index (χ2n) is 2.71. The summed E-state index contributed by atoms with van der Waals surface area (Å²) < 4.78 is 15.6. The topological polar surface area (TPSA) is 32.8 Å². The molecule has 1 heterocycles. The first-order chi connectivity index (χ1) is 5.18. The van der Waals surface area contributed by atoms with Gasteiger partial charge in [0.1, 0.15) is 0 Å². The predicted octanol–water partition coefficient (Wildman–Crippen LogP) is -0.541. The zero-order chi connectivity index (χ0) is 8.27. The molecule has 5 heteroatoms. The summed E-state index contributed by atoms with van der Waals surface area (Å²) in [6.07, 6.45) is 1.54. The molecule has 66 valence electrons. The summed E-state index contributed by atoms with van der Waals surface area (Å²) in [7, 11) is 2.07. The smallest absolute Gasteiger partial charge is 0.170 e. The molecule has 11 heavy (non-hydrogen) atoms. The maximum absolute atomic E-state index is 10.6. The standard InChI is InChI=1S/C6H14N2O2S/c1-7-3-5-8(6-4-7)10-11(2)9/h3-6H2,1-2H3. The Morgan fingerprint density at radius 3 is 2.27 bits per heavy atom. The first kappa shape index (κ1) is 9.12. The van der Waals surface area contributed by atoms with Crippen molar-refractivity contribution >= 4 is 11.1 Å². The highest BCUT2D eigenvalue weighted by molar-refractivity contribution is 7.79. The molecular formula is C6H14N2O2S. The maximum Gasteiger partial charge on any atom is 0.170 e. The number of piperazine rings is 1. The van der Waals surface area contributed by atoms with Gasteiger partial charge in [0.2, 0.25) is 0 Å². The van der Waals surface area contributed by atoms with Crippen molar-refractivity contribution in [2.75, 3.05) is 39.5 Å². The minimum absolute atomic E-state index is 0.843. The van der Waals surface area contributed by atoms with Crippen molar-refractivity contribution < 1.29 is 8.49 Å². The molecule has 1 rings (SSSR count). The molecule has 0 bridgehead atoms. The first-order valence-corrected chi connectivity index (χ1v) is 5.12. The van der Waals surface area contributed by atoms with Gasteiger partial charge >= 0.3 is 0 Å². The van der Waals surface area contributed by atoms with Gasteiger partial charge in [-0.2, -0.15) is 9.35 Å². The van der Waals surface area contributed by atoms with E-state index >= 15 is 0 Å². The summed E-state index contributed by atoms with van der Waals surface area (Å²) in [5, 5.41) is 1.76. The molecule has 0 aromatic carbocycles. The van der Waals surface area contributed by atoms with E-state index in [9.17, 15) is 4.21 Å². The Bertz CT molecular complexity index is 146. The molecule has 0 radical (unpaired) electrons. The lowest BCUT2D eigenvalue weighted by molar-refractivity contribution is -0.0728. The maximum atomic E-state index is 10.6. The van der Waals surface area contributed by atoms with Crippen molar-refractivity contribution in [2.45, 2.75) is 0 Å². The van der Waals surface area contributed by atoms with Gasteiger partial charge in [-0.05, 0) is 7.05 Å². The predicted molar refractivity (Wildman–Crippen MR) is 44.2 cm³/mol. The van der Waals surface area contributed by atoms with E-state index in [-0.39, 0.29) is 0 Å². The lowest BCUT2D eigenvalue weighted by Crippen LogP contribution is -2.44. The number of nitrogens with zero attached hydrogens (tertiary/aromatic N) is 2. The van der Waals surface area contributed by atoms with Crippen LogP contribution in [0.5, 0.6) is 0 Å². The van der Waals surface area contributed by atoms with E-state index in [1.165, 1.54) is 0 Å². The van der Waals surface area contributed by atoms with Crippen LogP contribution in [0.15, 0.2) is 0 Å². The van der Waals surface area contributed by atoms with Crippen molar-refractivity contribution in [3.05, 3.63) is 0 Å². The Balaban J connectivity index is 2.22. The van der Waals surface area contributed by atoms with Crippen LogP contribution in [0.4, 0.5) is 0 Å². The molecule has 0 aromatic heterocycles. The number of likely N-dealkylation sites (N-methyl/N-ethyl adjacent to an activating group) is 1. The molecule has 1 fully saturated rings. The lowest BCUT2D eigenvalue weighted by atomic mass is 10.4. The molecule has 0 amide bonds. The quantitative estimate of drug-likeness (QED) is 0.568. The molecule has 1 aliphatic heterocycles. The largest absolute Gasteiger partial charge is 0.304 e. The fourth-order valence-electron chi connectivity index (χ4n) is 1.01. The molecule has 0 aliphatic carbocycles. The highest BCUT2D eigenvalue weighted by Crippen LogP contribution is 2.00. The van der Waals surface area contributed by atoms with Gasteiger partial charge in [-0.3, -0.25) is 0 Å². The molecule has 0 aromatic rings. The monoisotopic (exact) mass is 178 g/mol. The highest BCUT2D eigenvalue weighted by Gasteiger charge is 2.14. The van der Waals surface area contributed by atoms with Gasteiger partial charge in [0.15, 0.2) is 11.1 Å². The van der Waals surface area contributed by atoms with Gasteiger partial charge in [0.05, 0.1) is 0 Å². The number of hydrogen-bond donors (Lipinski definition) is 0. The van der Waals surface area contributed by atoms with E-state index in [4.69, 9.17) is 4.28 Å². The molecule has 0 saturated carbocycles. The van der Waals surface area contributed by atoms with Crippen molar-refractivity contribution in [3.63, 3.8) is 0 Å². The molecule has 1 saturated heterocycles. The Morgan fingerprint density at radius 1 is 1.27 bits per heavy atom. The molecular weight excluding hydrogens is 164 g/mol. The third kappa shape index (κ3) is 3.29. The summed E-state index contributed by atoms with van der Waals surface area (Å²) in [4.78, 5) is 2.22. The van der Waals surface area contributed by atoms with Gasteiger partial charge in [-0.15, -0.1) is 0 Å². The van der Waals surface area contributed by atoms with Crippen molar-refractivity contribution in [3.8, 4) is 0 Å². The molecule has 1 aliphatic rings. The van der Waals surface area contributed by atoms with Crippen LogP contribution in [0, 0.1) is 0 Å². The number of rotatable bonds is 2. The Morgan fingerprint density at radius 2 is 1.82 bits per heavy atom. The van der Waals surface area contributed by atoms with Gasteiger partial charge < -0.3 is 4.90 Å². The van der Waals surface area contributed by atoms with Crippen LogP contribution >= 0.6 is 0 Å². The number of hydroxylamine groups is 2. The zero-order valence-corrected chi connectivity index (χ0v) is 7.76. The highest BCUT2D eigenvalue weighted by atomic mass is 32.2. The molecule has 0 spiro atoms. The van der Waals surface area contributed by atoms with Crippen LogP contribution in [0.3, 0.4) is 0 Å². The molecule has 1 atom stereocenters.